The molecule has 1 fully saturated rings. The largest absolute Gasteiger partial charge is 0.487 e. The Kier molecular flexibility index (Phi) is 7.07. The molecule has 2 amide bonds. The van der Waals surface area contributed by atoms with Gasteiger partial charge in [-0.25, -0.2) is 0 Å². The Morgan fingerprint density at radius 2 is 1.82 bits per heavy atom. The van der Waals surface area contributed by atoms with Crippen LogP contribution in [0.2, 0.25) is 0 Å². The van der Waals surface area contributed by atoms with Gasteiger partial charge in [0.1, 0.15) is 17.0 Å². The number of aryl methyl sites for hydroxylation is 1. The van der Waals surface area contributed by atoms with Gasteiger partial charge in [-0.2, -0.15) is 13.2 Å². The topological polar surface area (TPSA) is 89.5 Å². The molecule has 0 radical (unpaired) electrons. The maximum absolute atomic E-state index is 13.0. The van der Waals surface area contributed by atoms with Gasteiger partial charge in [-0.05, 0) is 53.9 Å². The van der Waals surface area contributed by atoms with Crippen molar-refractivity contribution in [3.8, 4) is 16.9 Å². The van der Waals surface area contributed by atoms with Gasteiger partial charge in [0.2, 0.25) is 5.91 Å². The lowest BCUT2D eigenvalue weighted by atomic mass is 9.81. The molecule has 2 aliphatic rings. The number of amides is 2. The average Bonchev–Trinajstić information content (AvgIpc) is 2.89. The van der Waals surface area contributed by atoms with Crippen molar-refractivity contribution in [3.05, 3.63) is 77.1 Å². The van der Waals surface area contributed by atoms with Crippen molar-refractivity contribution in [2.24, 2.45) is 0 Å². The Bertz CT molecular complexity index is 1420. The minimum atomic E-state index is -4.65. The molecule has 2 aromatic carbocycles. The number of carbonyl (C=O) groups is 2. The zero-order chi connectivity index (χ0) is 27.8. The number of pyridine rings is 1. The van der Waals surface area contributed by atoms with Gasteiger partial charge in [-0.15, -0.1) is 0 Å². The molecule has 0 bridgehead atoms. The summed E-state index contributed by atoms with van der Waals surface area (Å²) in [5, 5.41) is 5.74. The number of hydrogen-bond donors (Lipinski definition) is 2. The van der Waals surface area contributed by atoms with E-state index in [2.05, 4.69) is 15.6 Å². The number of anilines is 1. The molecular weight excluding hydrogens is 511 g/mol. The van der Waals surface area contributed by atoms with Crippen LogP contribution in [-0.4, -0.2) is 35.6 Å². The first-order valence-corrected chi connectivity index (χ1v) is 12.7. The SMILES string of the molecule is CC(=O)NC1CC2(CCOCC2)Oc2cc(-c3cc(NC(=O)c4ccnc(C(F)(F)F)c4)ccc3C)ccc21. The molecule has 2 N–H and O–H groups in total. The Balaban J connectivity index is 1.44. The van der Waals surface area contributed by atoms with E-state index in [1.54, 1.807) is 12.1 Å². The number of carbonyl (C=O) groups excluding carboxylic acids is 2. The number of benzene rings is 2. The number of nitrogens with one attached hydrogen (secondary N) is 2. The molecule has 0 aliphatic carbocycles. The lowest BCUT2D eigenvalue weighted by Gasteiger charge is -2.44. The fraction of sp³-hybridized carbons (Fsp3) is 0.345. The highest BCUT2D eigenvalue weighted by Crippen LogP contribution is 2.45. The minimum absolute atomic E-state index is 0.116. The molecule has 204 valence electrons. The predicted molar refractivity (Wildman–Crippen MR) is 138 cm³/mol. The van der Waals surface area contributed by atoms with E-state index in [4.69, 9.17) is 9.47 Å². The van der Waals surface area contributed by atoms with Gasteiger partial charge >= 0.3 is 6.18 Å². The van der Waals surface area contributed by atoms with E-state index in [1.807, 2.05) is 31.2 Å². The molecule has 10 heteroatoms. The number of fused-ring (bicyclic) bond motifs is 1. The number of nitrogens with zero attached hydrogens (tertiary/aromatic N) is 1. The number of aromatic nitrogens is 1. The summed E-state index contributed by atoms with van der Waals surface area (Å²) >= 11 is 0. The lowest BCUT2D eigenvalue weighted by molar-refractivity contribution is -0.141. The fourth-order valence-corrected chi connectivity index (χ4v) is 5.20. The fourth-order valence-electron chi connectivity index (χ4n) is 5.20. The van der Waals surface area contributed by atoms with Crippen molar-refractivity contribution < 1.29 is 32.2 Å². The second-order valence-electron chi connectivity index (χ2n) is 10.0. The summed E-state index contributed by atoms with van der Waals surface area (Å²) in [6.45, 7) is 4.61. The molecule has 39 heavy (non-hydrogen) atoms. The monoisotopic (exact) mass is 539 g/mol. The Morgan fingerprint density at radius 3 is 2.54 bits per heavy atom. The molecule has 3 heterocycles. The molecule has 7 nitrogen and oxygen atoms in total. The van der Waals surface area contributed by atoms with E-state index in [0.29, 0.717) is 31.1 Å². The number of ether oxygens (including phenoxy) is 2. The molecular formula is C29H28F3N3O4. The molecule has 5 rings (SSSR count). The van der Waals surface area contributed by atoms with E-state index in [-0.39, 0.29) is 17.5 Å². The zero-order valence-corrected chi connectivity index (χ0v) is 21.5. The van der Waals surface area contributed by atoms with Gasteiger partial charge in [-0.3, -0.25) is 14.6 Å². The number of rotatable bonds is 4. The third kappa shape index (κ3) is 5.75. The van der Waals surface area contributed by atoms with Crippen LogP contribution in [0.4, 0.5) is 18.9 Å². The van der Waals surface area contributed by atoms with Crippen LogP contribution in [-0.2, 0) is 15.7 Å². The van der Waals surface area contributed by atoms with Crippen LogP contribution >= 0.6 is 0 Å². The summed E-state index contributed by atoms with van der Waals surface area (Å²) in [6, 6.07) is 12.9. The molecule has 2 aliphatic heterocycles. The van der Waals surface area contributed by atoms with Gasteiger partial charge in [0.25, 0.3) is 5.91 Å². The van der Waals surface area contributed by atoms with E-state index < -0.39 is 23.4 Å². The maximum atomic E-state index is 13.0. The van der Waals surface area contributed by atoms with Crippen molar-refractivity contribution >= 4 is 17.5 Å². The Morgan fingerprint density at radius 1 is 1.05 bits per heavy atom. The lowest BCUT2D eigenvalue weighted by Crippen LogP contribution is -2.48. The average molecular weight is 540 g/mol. The van der Waals surface area contributed by atoms with Crippen molar-refractivity contribution in [2.45, 2.75) is 50.9 Å². The van der Waals surface area contributed by atoms with Crippen molar-refractivity contribution in [3.63, 3.8) is 0 Å². The summed E-state index contributed by atoms with van der Waals surface area (Å²) < 4.78 is 51.2. The minimum Gasteiger partial charge on any atom is -0.487 e. The second kappa shape index (κ2) is 10.3. The number of hydrogen-bond acceptors (Lipinski definition) is 5. The normalized spacial score (nSPS) is 18.1. The third-order valence-electron chi connectivity index (χ3n) is 7.19. The van der Waals surface area contributed by atoms with Crippen LogP contribution in [0.15, 0.2) is 54.7 Å². The van der Waals surface area contributed by atoms with Crippen LogP contribution in [0.3, 0.4) is 0 Å². The summed E-state index contributed by atoms with van der Waals surface area (Å²) in [4.78, 5) is 28.0. The first-order chi connectivity index (χ1) is 18.5. The van der Waals surface area contributed by atoms with Crippen molar-refractivity contribution in [2.75, 3.05) is 18.5 Å². The summed E-state index contributed by atoms with van der Waals surface area (Å²) in [6.07, 6.45) is -1.58. The summed E-state index contributed by atoms with van der Waals surface area (Å²) in [5.74, 6) is -0.106. The van der Waals surface area contributed by atoms with E-state index in [0.717, 1.165) is 47.4 Å². The van der Waals surface area contributed by atoms with Crippen LogP contribution in [0.1, 0.15) is 59.4 Å². The van der Waals surface area contributed by atoms with Gasteiger partial charge in [0.15, 0.2) is 0 Å². The van der Waals surface area contributed by atoms with Crippen LogP contribution in [0.25, 0.3) is 11.1 Å². The van der Waals surface area contributed by atoms with Gasteiger partial charge in [0.05, 0.1) is 19.3 Å². The predicted octanol–water partition coefficient (Wildman–Crippen LogP) is 5.84. The number of halogens is 3. The van der Waals surface area contributed by atoms with E-state index in [1.165, 1.54) is 13.0 Å². The first kappa shape index (κ1) is 26.7. The Labute approximate surface area is 223 Å². The van der Waals surface area contributed by atoms with Gasteiger partial charge in [-0.1, -0.05) is 18.2 Å². The Hall–Kier alpha value is -3.92. The highest BCUT2D eigenvalue weighted by atomic mass is 19.4. The van der Waals surface area contributed by atoms with Crippen LogP contribution in [0.5, 0.6) is 5.75 Å². The highest BCUT2D eigenvalue weighted by Gasteiger charge is 2.42. The molecule has 1 saturated heterocycles. The quantitative estimate of drug-likeness (QED) is 0.435. The molecule has 3 aromatic rings. The maximum Gasteiger partial charge on any atom is 0.433 e. The smallest absolute Gasteiger partial charge is 0.433 e. The summed E-state index contributed by atoms with van der Waals surface area (Å²) in [7, 11) is 0. The zero-order valence-electron chi connectivity index (χ0n) is 21.5. The van der Waals surface area contributed by atoms with Gasteiger partial charge < -0.3 is 20.1 Å². The second-order valence-corrected chi connectivity index (χ2v) is 10.0. The van der Waals surface area contributed by atoms with Gasteiger partial charge in [0, 0.05) is 49.2 Å². The van der Waals surface area contributed by atoms with E-state index in [9.17, 15) is 22.8 Å². The third-order valence-corrected chi connectivity index (χ3v) is 7.19. The molecule has 1 atom stereocenters. The summed E-state index contributed by atoms with van der Waals surface area (Å²) in [5.41, 5.74) is 2.23. The van der Waals surface area contributed by atoms with Crippen LogP contribution < -0.4 is 15.4 Å². The molecule has 0 saturated carbocycles. The highest BCUT2D eigenvalue weighted by molar-refractivity contribution is 6.04. The molecule has 1 spiro atoms. The number of alkyl halides is 3. The van der Waals surface area contributed by atoms with E-state index >= 15 is 0 Å². The van der Waals surface area contributed by atoms with Crippen LogP contribution in [0, 0.1) is 6.92 Å². The van der Waals surface area contributed by atoms with Crippen molar-refractivity contribution in [1.29, 1.82) is 0 Å². The standard InChI is InChI=1S/C29H28F3N3O4/c1-17-3-5-21(35-27(37)20-7-10-33-26(14-20)29(30,31)32)15-23(17)19-4-6-22-24(34-18(2)36)16-28(39-25(22)13-19)8-11-38-12-9-28/h3-7,10,13-15,24H,8-9,11-12,16H2,1-2H3,(H,34,36)(H,35,37). The first-order valence-electron chi connectivity index (χ1n) is 12.7. The molecule has 1 unspecified atom stereocenters. The van der Waals surface area contributed by atoms with Crippen molar-refractivity contribution in [1.82, 2.24) is 10.3 Å². The molecule has 1 aromatic heterocycles.